The second-order valence-electron chi connectivity index (χ2n) is 3.68. The Kier molecular flexibility index (Phi) is 4.58. The molecule has 3 N–H and O–H groups in total. The lowest BCUT2D eigenvalue weighted by Gasteiger charge is -2.08. The molecule has 2 rings (SSSR count). The third-order valence-corrected chi connectivity index (χ3v) is 3.94. The van der Waals surface area contributed by atoms with E-state index in [1.165, 1.54) is 11.8 Å². The molecule has 0 radical (unpaired) electrons. The number of amidine groups is 1. The van der Waals surface area contributed by atoms with Gasteiger partial charge in [0.2, 0.25) is 0 Å². The molecule has 2 aromatic carbocycles. The van der Waals surface area contributed by atoms with Crippen molar-refractivity contribution in [2.75, 3.05) is 0 Å². The first-order valence-electron chi connectivity index (χ1n) is 5.31. The van der Waals surface area contributed by atoms with Crippen LogP contribution in [0.2, 0.25) is 10.0 Å². The van der Waals surface area contributed by atoms with Crippen molar-refractivity contribution >= 4 is 40.8 Å². The van der Waals surface area contributed by atoms with Crippen molar-refractivity contribution < 1.29 is 5.21 Å². The predicted octanol–water partition coefficient (Wildman–Crippen LogP) is 4.24. The first-order chi connectivity index (χ1) is 9.10. The Morgan fingerprint density at radius 1 is 1.05 bits per heavy atom. The van der Waals surface area contributed by atoms with Gasteiger partial charge in [0.15, 0.2) is 5.84 Å². The molecule has 0 heterocycles. The van der Waals surface area contributed by atoms with Crippen LogP contribution in [0.15, 0.2) is 57.4 Å². The average Bonchev–Trinajstić information content (AvgIpc) is 2.42. The molecular formula is C13H10Cl2N2OS. The number of hydrogen-bond acceptors (Lipinski definition) is 3. The maximum absolute atomic E-state index is 8.80. The molecule has 0 aliphatic heterocycles. The minimum Gasteiger partial charge on any atom is -0.409 e. The molecule has 19 heavy (non-hydrogen) atoms. The summed E-state index contributed by atoms with van der Waals surface area (Å²) in [6.45, 7) is 0. The van der Waals surface area contributed by atoms with Gasteiger partial charge in [0.25, 0.3) is 0 Å². The minimum atomic E-state index is 0.0268. The standard InChI is InChI=1S/C13H10Cl2N2OS/c14-8-1-4-10(5-2-8)19-12-6-3-9(15)7-11(12)13(16)17-18/h1-7,18H,(H2,16,17). The molecule has 0 aromatic heterocycles. The number of nitrogens with two attached hydrogens (primary N) is 1. The lowest BCUT2D eigenvalue weighted by atomic mass is 10.2. The lowest BCUT2D eigenvalue weighted by Crippen LogP contribution is -2.14. The number of oxime groups is 1. The summed E-state index contributed by atoms with van der Waals surface area (Å²) in [5.74, 6) is 0.0268. The van der Waals surface area contributed by atoms with E-state index in [1.54, 1.807) is 12.1 Å². The Morgan fingerprint density at radius 2 is 1.68 bits per heavy atom. The van der Waals surface area contributed by atoms with Crippen LogP contribution in [-0.2, 0) is 0 Å². The summed E-state index contributed by atoms with van der Waals surface area (Å²) < 4.78 is 0. The van der Waals surface area contributed by atoms with E-state index in [2.05, 4.69) is 5.16 Å². The highest BCUT2D eigenvalue weighted by Crippen LogP contribution is 2.32. The molecular weight excluding hydrogens is 303 g/mol. The lowest BCUT2D eigenvalue weighted by molar-refractivity contribution is 0.318. The van der Waals surface area contributed by atoms with Crippen LogP contribution in [0.25, 0.3) is 0 Å². The maximum Gasteiger partial charge on any atom is 0.171 e. The summed E-state index contributed by atoms with van der Waals surface area (Å²) >= 11 is 13.2. The van der Waals surface area contributed by atoms with Crippen LogP contribution in [0, 0.1) is 0 Å². The Bertz CT molecular complexity index is 615. The Hall–Kier alpha value is -1.36. The number of nitrogens with zero attached hydrogens (tertiary/aromatic N) is 1. The largest absolute Gasteiger partial charge is 0.409 e. The second-order valence-corrected chi connectivity index (χ2v) is 5.67. The molecule has 0 bridgehead atoms. The maximum atomic E-state index is 8.80. The molecule has 2 aromatic rings. The van der Waals surface area contributed by atoms with Crippen LogP contribution < -0.4 is 5.73 Å². The van der Waals surface area contributed by atoms with Gasteiger partial charge in [-0.2, -0.15) is 0 Å². The predicted molar refractivity (Wildman–Crippen MR) is 79.5 cm³/mol. The number of hydrogen-bond donors (Lipinski definition) is 2. The van der Waals surface area contributed by atoms with Gasteiger partial charge in [-0.15, -0.1) is 0 Å². The van der Waals surface area contributed by atoms with Gasteiger partial charge >= 0.3 is 0 Å². The summed E-state index contributed by atoms with van der Waals surface area (Å²) in [6.07, 6.45) is 0. The molecule has 0 saturated heterocycles. The van der Waals surface area contributed by atoms with Crippen molar-refractivity contribution in [3.05, 3.63) is 58.1 Å². The SMILES string of the molecule is NC(=NO)c1cc(Cl)ccc1Sc1ccc(Cl)cc1. The summed E-state index contributed by atoms with van der Waals surface area (Å²) in [5.41, 5.74) is 6.24. The highest BCUT2D eigenvalue weighted by molar-refractivity contribution is 7.99. The third-order valence-electron chi connectivity index (χ3n) is 2.37. The van der Waals surface area contributed by atoms with Gasteiger partial charge in [0.05, 0.1) is 0 Å². The zero-order chi connectivity index (χ0) is 13.8. The van der Waals surface area contributed by atoms with Crippen molar-refractivity contribution in [3.8, 4) is 0 Å². The molecule has 0 spiro atoms. The van der Waals surface area contributed by atoms with E-state index in [0.717, 1.165) is 9.79 Å². The molecule has 0 atom stereocenters. The topological polar surface area (TPSA) is 58.6 Å². The van der Waals surface area contributed by atoms with E-state index in [9.17, 15) is 0 Å². The quantitative estimate of drug-likeness (QED) is 0.386. The Morgan fingerprint density at radius 3 is 2.32 bits per heavy atom. The van der Waals surface area contributed by atoms with Crippen molar-refractivity contribution in [3.63, 3.8) is 0 Å². The van der Waals surface area contributed by atoms with Crippen molar-refractivity contribution in [2.24, 2.45) is 10.9 Å². The van der Waals surface area contributed by atoms with E-state index in [1.807, 2.05) is 30.3 Å². The monoisotopic (exact) mass is 312 g/mol. The van der Waals surface area contributed by atoms with Crippen molar-refractivity contribution in [1.29, 1.82) is 0 Å². The molecule has 0 unspecified atom stereocenters. The van der Waals surface area contributed by atoms with Gasteiger partial charge < -0.3 is 10.9 Å². The second kappa shape index (κ2) is 6.19. The van der Waals surface area contributed by atoms with E-state index in [4.69, 9.17) is 34.1 Å². The number of benzene rings is 2. The van der Waals surface area contributed by atoms with Crippen LogP contribution >= 0.6 is 35.0 Å². The van der Waals surface area contributed by atoms with Crippen molar-refractivity contribution in [2.45, 2.75) is 9.79 Å². The van der Waals surface area contributed by atoms with Crippen LogP contribution in [0.3, 0.4) is 0 Å². The molecule has 0 saturated carbocycles. The summed E-state index contributed by atoms with van der Waals surface area (Å²) in [4.78, 5) is 1.85. The normalized spacial score (nSPS) is 11.6. The van der Waals surface area contributed by atoms with E-state index < -0.39 is 0 Å². The highest BCUT2D eigenvalue weighted by atomic mass is 35.5. The fraction of sp³-hybridized carbons (Fsp3) is 0. The van der Waals surface area contributed by atoms with E-state index in [0.29, 0.717) is 15.6 Å². The smallest absolute Gasteiger partial charge is 0.171 e. The Balaban J connectivity index is 2.37. The van der Waals surface area contributed by atoms with Gasteiger partial charge in [-0.1, -0.05) is 40.1 Å². The van der Waals surface area contributed by atoms with E-state index >= 15 is 0 Å². The van der Waals surface area contributed by atoms with Gasteiger partial charge in [-0.3, -0.25) is 0 Å². The molecule has 98 valence electrons. The zero-order valence-electron chi connectivity index (χ0n) is 9.68. The molecule has 0 aliphatic rings. The average molecular weight is 313 g/mol. The summed E-state index contributed by atoms with van der Waals surface area (Å²) in [6, 6.07) is 12.7. The van der Waals surface area contributed by atoms with Crippen LogP contribution in [0.4, 0.5) is 0 Å². The molecule has 0 aliphatic carbocycles. The molecule has 0 amide bonds. The molecule has 0 fully saturated rings. The number of halogens is 2. The highest BCUT2D eigenvalue weighted by Gasteiger charge is 2.09. The van der Waals surface area contributed by atoms with Crippen LogP contribution in [-0.4, -0.2) is 11.0 Å². The molecule has 6 heteroatoms. The fourth-order valence-electron chi connectivity index (χ4n) is 1.47. The fourth-order valence-corrected chi connectivity index (χ4v) is 2.71. The summed E-state index contributed by atoms with van der Waals surface area (Å²) in [7, 11) is 0. The molecule has 3 nitrogen and oxygen atoms in total. The van der Waals surface area contributed by atoms with Gasteiger partial charge in [0.1, 0.15) is 0 Å². The first kappa shape index (κ1) is 14.1. The zero-order valence-corrected chi connectivity index (χ0v) is 12.0. The minimum absolute atomic E-state index is 0.0268. The van der Waals surface area contributed by atoms with Gasteiger partial charge in [0, 0.05) is 25.4 Å². The van der Waals surface area contributed by atoms with Crippen LogP contribution in [0.5, 0.6) is 0 Å². The van der Waals surface area contributed by atoms with E-state index in [-0.39, 0.29) is 5.84 Å². The third kappa shape index (κ3) is 3.56. The van der Waals surface area contributed by atoms with Gasteiger partial charge in [-0.25, -0.2) is 0 Å². The van der Waals surface area contributed by atoms with Gasteiger partial charge in [-0.05, 0) is 42.5 Å². The van der Waals surface area contributed by atoms with Crippen molar-refractivity contribution in [1.82, 2.24) is 0 Å². The number of rotatable bonds is 3. The van der Waals surface area contributed by atoms with Crippen LogP contribution in [0.1, 0.15) is 5.56 Å². The first-order valence-corrected chi connectivity index (χ1v) is 6.88. The summed E-state index contributed by atoms with van der Waals surface area (Å²) in [5, 5.41) is 13.0. The Labute approximate surface area is 125 Å².